The highest BCUT2D eigenvalue weighted by Crippen LogP contribution is 2.33. The van der Waals surface area contributed by atoms with E-state index < -0.39 is 17.4 Å². The molecule has 0 aliphatic heterocycles. The quantitative estimate of drug-likeness (QED) is 0.453. The van der Waals surface area contributed by atoms with E-state index in [1.165, 1.54) is 0 Å². The molecule has 1 aromatic rings. The van der Waals surface area contributed by atoms with Gasteiger partial charge in [0, 0.05) is 0 Å². The molecular weight excluding hydrogens is 268 g/mol. The fourth-order valence-corrected chi connectivity index (χ4v) is 2.21. The molecule has 0 saturated heterocycles. The van der Waals surface area contributed by atoms with Crippen molar-refractivity contribution in [1.29, 1.82) is 0 Å². The summed E-state index contributed by atoms with van der Waals surface area (Å²) in [6.45, 7) is 7.57. The Morgan fingerprint density at radius 1 is 1.24 bits per heavy atom. The lowest BCUT2D eigenvalue weighted by molar-refractivity contribution is -0.168. The minimum absolute atomic E-state index is 0.0898. The molecule has 1 atom stereocenters. The molecule has 0 heterocycles. The lowest BCUT2D eigenvalue weighted by Crippen LogP contribution is -2.43. The fraction of sp³-hybridized carbons (Fsp3) is 0.412. The second kappa shape index (κ2) is 7.62. The molecule has 4 heteroatoms. The van der Waals surface area contributed by atoms with Gasteiger partial charge in [0.15, 0.2) is 5.41 Å². The van der Waals surface area contributed by atoms with Crippen LogP contribution in [0, 0.1) is 5.41 Å². The number of carboxylic acids is 1. The zero-order valence-corrected chi connectivity index (χ0v) is 12.6. The van der Waals surface area contributed by atoms with Gasteiger partial charge in [-0.05, 0) is 31.7 Å². The number of ether oxygens (including phenoxy) is 1. The molecule has 4 nitrogen and oxygen atoms in total. The van der Waals surface area contributed by atoms with E-state index in [0.717, 1.165) is 11.1 Å². The van der Waals surface area contributed by atoms with Gasteiger partial charge < -0.3 is 9.84 Å². The monoisotopic (exact) mass is 290 g/mol. The molecule has 0 radical (unpaired) electrons. The van der Waals surface area contributed by atoms with E-state index in [-0.39, 0.29) is 19.4 Å². The summed E-state index contributed by atoms with van der Waals surface area (Å²) in [5, 5.41) is 9.68. The maximum Gasteiger partial charge on any atom is 0.324 e. The van der Waals surface area contributed by atoms with Crippen LogP contribution in [0.3, 0.4) is 0 Å². The summed E-state index contributed by atoms with van der Waals surface area (Å²) < 4.78 is 5.03. The minimum atomic E-state index is -1.61. The molecule has 114 valence electrons. The van der Waals surface area contributed by atoms with Crippen LogP contribution < -0.4 is 0 Å². The van der Waals surface area contributed by atoms with Crippen LogP contribution in [-0.4, -0.2) is 23.7 Å². The Labute approximate surface area is 125 Å². The average molecular weight is 290 g/mol. The van der Waals surface area contributed by atoms with Crippen molar-refractivity contribution in [1.82, 2.24) is 0 Å². The highest BCUT2D eigenvalue weighted by Gasteiger charge is 2.47. The third-order valence-electron chi connectivity index (χ3n) is 3.48. The highest BCUT2D eigenvalue weighted by atomic mass is 16.5. The van der Waals surface area contributed by atoms with E-state index >= 15 is 0 Å². The predicted molar refractivity (Wildman–Crippen MR) is 80.9 cm³/mol. The lowest BCUT2D eigenvalue weighted by atomic mass is 9.76. The molecule has 0 saturated carbocycles. The van der Waals surface area contributed by atoms with Crippen molar-refractivity contribution in [2.75, 3.05) is 6.61 Å². The summed E-state index contributed by atoms with van der Waals surface area (Å²) in [5.41, 5.74) is -0.0944. The second-order valence-corrected chi connectivity index (χ2v) is 5.05. The van der Waals surface area contributed by atoms with E-state index in [0.29, 0.717) is 6.42 Å². The van der Waals surface area contributed by atoms with Gasteiger partial charge in [0.05, 0.1) is 6.61 Å². The zero-order chi connectivity index (χ0) is 15.9. The van der Waals surface area contributed by atoms with Crippen LogP contribution in [0.5, 0.6) is 0 Å². The molecule has 1 aromatic carbocycles. The summed E-state index contributed by atoms with van der Waals surface area (Å²) in [4.78, 5) is 24.2. The molecule has 1 unspecified atom stereocenters. The molecule has 0 aliphatic rings. The predicted octanol–water partition coefficient (Wildman–Crippen LogP) is 3.22. The van der Waals surface area contributed by atoms with Crippen molar-refractivity contribution in [2.45, 2.75) is 33.1 Å². The molecular formula is C17H22O4. The summed E-state index contributed by atoms with van der Waals surface area (Å²) in [5.74, 6) is -1.87. The molecule has 1 rings (SSSR count). The number of allylic oxidation sites excluding steroid dienone is 1. The SMILES string of the molecule is C=C(CC)CC(Cc1ccccc1)(C(=O)O)C(=O)OCC. The van der Waals surface area contributed by atoms with E-state index in [4.69, 9.17) is 4.74 Å². The first kappa shape index (κ1) is 17.0. The van der Waals surface area contributed by atoms with Crippen LogP contribution in [-0.2, 0) is 20.7 Å². The van der Waals surface area contributed by atoms with Crippen LogP contribution in [0.25, 0.3) is 0 Å². The minimum Gasteiger partial charge on any atom is -0.480 e. The number of aliphatic carboxylic acids is 1. The zero-order valence-electron chi connectivity index (χ0n) is 12.6. The first-order valence-corrected chi connectivity index (χ1v) is 7.07. The number of hydrogen-bond acceptors (Lipinski definition) is 3. The van der Waals surface area contributed by atoms with E-state index in [1.54, 1.807) is 6.92 Å². The Balaban J connectivity index is 3.19. The second-order valence-electron chi connectivity index (χ2n) is 5.05. The van der Waals surface area contributed by atoms with Gasteiger partial charge in [-0.1, -0.05) is 49.4 Å². The van der Waals surface area contributed by atoms with Gasteiger partial charge in [-0.3, -0.25) is 9.59 Å². The standard InChI is InChI=1S/C17H22O4/c1-4-13(3)11-17(15(18)19,16(20)21-5-2)12-14-9-7-6-8-10-14/h6-10H,3-5,11-12H2,1-2H3,(H,18,19). The van der Waals surface area contributed by atoms with Crippen LogP contribution in [0.2, 0.25) is 0 Å². The summed E-state index contributed by atoms with van der Waals surface area (Å²) in [7, 11) is 0. The molecule has 0 spiro atoms. The average Bonchev–Trinajstić information content (AvgIpc) is 2.47. The van der Waals surface area contributed by atoms with Gasteiger partial charge >= 0.3 is 11.9 Å². The number of carbonyl (C=O) groups excluding carboxylic acids is 1. The number of hydrogen-bond donors (Lipinski definition) is 1. The smallest absolute Gasteiger partial charge is 0.324 e. The maximum absolute atomic E-state index is 12.3. The van der Waals surface area contributed by atoms with Crippen molar-refractivity contribution in [2.24, 2.45) is 5.41 Å². The maximum atomic E-state index is 12.3. The van der Waals surface area contributed by atoms with Gasteiger partial charge in [0.2, 0.25) is 0 Å². The Kier molecular flexibility index (Phi) is 6.15. The number of benzene rings is 1. The van der Waals surface area contributed by atoms with E-state index in [1.807, 2.05) is 37.3 Å². The lowest BCUT2D eigenvalue weighted by Gasteiger charge is -2.28. The van der Waals surface area contributed by atoms with E-state index in [9.17, 15) is 14.7 Å². The molecule has 0 aliphatic carbocycles. The van der Waals surface area contributed by atoms with E-state index in [2.05, 4.69) is 6.58 Å². The normalized spacial score (nSPS) is 13.2. The molecule has 21 heavy (non-hydrogen) atoms. The van der Waals surface area contributed by atoms with Crippen LogP contribution in [0.15, 0.2) is 42.5 Å². The molecule has 1 N–H and O–H groups in total. The Morgan fingerprint density at radius 2 is 1.86 bits per heavy atom. The van der Waals surface area contributed by atoms with Crippen molar-refractivity contribution in [3.05, 3.63) is 48.0 Å². The number of carbonyl (C=O) groups is 2. The van der Waals surface area contributed by atoms with Crippen molar-refractivity contribution in [3.8, 4) is 0 Å². The van der Waals surface area contributed by atoms with Crippen LogP contribution in [0.1, 0.15) is 32.3 Å². The van der Waals surface area contributed by atoms with Gasteiger partial charge in [0.25, 0.3) is 0 Å². The number of carboxylic acid groups (broad SMARTS) is 1. The third-order valence-corrected chi connectivity index (χ3v) is 3.48. The van der Waals surface area contributed by atoms with Gasteiger partial charge in [-0.25, -0.2) is 0 Å². The van der Waals surface area contributed by atoms with Crippen LogP contribution >= 0.6 is 0 Å². The van der Waals surface area contributed by atoms with Crippen molar-refractivity contribution >= 4 is 11.9 Å². The number of esters is 1. The Hall–Kier alpha value is -2.10. The summed E-state index contributed by atoms with van der Waals surface area (Å²) in [6, 6.07) is 9.11. The van der Waals surface area contributed by atoms with Gasteiger partial charge in [-0.2, -0.15) is 0 Å². The highest BCUT2D eigenvalue weighted by molar-refractivity contribution is 5.99. The van der Waals surface area contributed by atoms with Gasteiger partial charge in [-0.15, -0.1) is 0 Å². The Morgan fingerprint density at radius 3 is 2.33 bits per heavy atom. The van der Waals surface area contributed by atoms with Crippen molar-refractivity contribution in [3.63, 3.8) is 0 Å². The molecule has 0 fully saturated rings. The topological polar surface area (TPSA) is 63.6 Å². The first-order valence-electron chi connectivity index (χ1n) is 7.07. The Bertz CT molecular complexity index is 507. The summed E-state index contributed by atoms with van der Waals surface area (Å²) in [6.07, 6.45) is 0.816. The molecule has 0 aromatic heterocycles. The third kappa shape index (κ3) is 4.18. The summed E-state index contributed by atoms with van der Waals surface area (Å²) >= 11 is 0. The molecule has 0 bridgehead atoms. The fourth-order valence-electron chi connectivity index (χ4n) is 2.21. The largest absolute Gasteiger partial charge is 0.480 e. The van der Waals surface area contributed by atoms with Gasteiger partial charge in [0.1, 0.15) is 0 Å². The number of rotatable bonds is 8. The van der Waals surface area contributed by atoms with Crippen LogP contribution in [0.4, 0.5) is 0 Å². The van der Waals surface area contributed by atoms with Crippen molar-refractivity contribution < 1.29 is 19.4 Å². The first-order chi connectivity index (χ1) is 9.96. The molecule has 0 amide bonds.